The average Bonchev–Trinajstić information content (AvgIpc) is 3.44. The Morgan fingerprint density at radius 3 is 2.55 bits per heavy atom. The maximum atomic E-state index is 13.7. The summed E-state index contributed by atoms with van der Waals surface area (Å²) in [5.41, 5.74) is 2.04. The van der Waals surface area contributed by atoms with Crippen molar-refractivity contribution in [3.63, 3.8) is 0 Å². The number of hydrogen-bond acceptors (Lipinski definition) is 5. The fraction of sp³-hybridized carbons (Fsp3) is 0.269. The number of nitrogens with zero attached hydrogens (tertiary/aromatic N) is 4. The molecule has 7 heteroatoms. The summed E-state index contributed by atoms with van der Waals surface area (Å²) in [5, 5.41) is 10.5. The zero-order valence-electron chi connectivity index (χ0n) is 18.7. The van der Waals surface area contributed by atoms with Crippen LogP contribution in [0.2, 0.25) is 0 Å². The molecule has 0 N–H and O–H groups in total. The second kappa shape index (κ2) is 8.12. The van der Waals surface area contributed by atoms with Gasteiger partial charge in [-0.25, -0.2) is 4.98 Å². The summed E-state index contributed by atoms with van der Waals surface area (Å²) >= 11 is 5.12. The van der Waals surface area contributed by atoms with Gasteiger partial charge in [-0.05, 0) is 71.1 Å². The van der Waals surface area contributed by atoms with Crippen LogP contribution >= 0.6 is 27.3 Å². The molecule has 166 valence electrons. The Hall–Kier alpha value is -2.95. The van der Waals surface area contributed by atoms with Crippen LogP contribution in [0, 0.1) is 23.7 Å². The first kappa shape index (κ1) is 21.9. The van der Waals surface area contributed by atoms with E-state index in [0.29, 0.717) is 17.8 Å². The summed E-state index contributed by atoms with van der Waals surface area (Å²) in [7, 11) is 0. The molecule has 2 aliphatic rings. The number of Topliss-reactive ketones (excluding diaryl/α,β-unsaturated/α-hetero) is 1. The van der Waals surface area contributed by atoms with Crippen LogP contribution in [0.25, 0.3) is 5.82 Å². The van der Waals surface area contributed by atoms with E-state index in [-0.39, 0.29) is 17.1 Å². The third-order valence-corrected chi connectivity index (χ3v) is 7.69. The zero-order chi connectivity index (χ0) is 23.3. The van der Waals surface area contributed by atoms with Gasteiger partial charge in [-0.3, -0.25) is 9.69 Å². The number of aryl methyl sites for hydroxylation is 1. The van der Waals surface area contributed by atoms with E-state index in [0.717, 1.165) is 37.7 Å². The SMILES string of the molecule is Cc1ccc([C@@H]2C(C#N)=C(n3cccc3)N(c3ccc(Br)cn3)C3=C2C(=O)CC(C)(C)C3)s1. The van der Waals surface area contributed by atoms with Gasteiger partial charge < -0.3 is 4.57 Å². The van der Waals surface area contributed by atoms with Crippen molar-refractivity contribution in [2.24, 2.45) is 5.41 Å². The highest BCUT2D eigenvalue weighted by molar-refractivity contribution is 9.10. The fourth-order valence-electron chi connectivity index (χ4n) is 4.84. The molecule has 1 aliphatic heterocycles. The molecular weight excluding hydrogens is 496 g/mol. The van der Waals surface area contributed by atoms with Crippen LogP contribution < -0.4 is 4.90 Å². The van der Waals surface area contributed by atoms with Gasteiger partial charge in [0.25, 0.3) is 0 Å². The number of allylic oxidation sites excluding steroid dienone is 3. The number of anilines is 1. The smallest absolute Gasteiger partial charge is 0.162 e. The Morgan fingerprint density at radius 1 is 1.18 bits per heavy atom. The summed E-state index contributed by atoms with van der Waals surface area (Å²) in [4.78, 5) is 22.6. The van der Waals surface area contributed by atoms with Crippen molar-refractivity contribution in [3.05, 3.63) is 86.1 Å². The molecule has 0 saturated heterocycles. The highest BCUT2D eigenvalue weighted by Gasteiger charge is 2.46. The standard InChI is InChI=1S/C26H23BrN4OS/c1-16-6-8-21(33-16)23-18(14-28)25(30-10-4-5-11-30)31(22-9-7-17(27)15-29-22)19-12-26(2,3)13-20(32)24(19)23/h4-11,15,23H,12-13H2,1-3H3/t23-/m0/s1. The van der Waals surface area contributed by atoms with E-state index in [9.17, 15) is 10.1 Å². The molecule has 0 amide bonds. The van der Waals surface area contributed by atoms with Crippen LogP contribution in [-0.2, 0) is 4.79 Å². The van der Waals surface area contributed by atoms with E-state index in [1.54, 1.807) is 17.5 Å². The lowest BCUT2D eigenvalue weighted by Gasteiger charge is -2.44. The summed E-state index contributed by atoms with van der Waals surface area (Å²) in [6, 6.07) is 14.4. The van der Waals surface area contributed by atoms with Crippen LogP contribution in [0.3, 0.4) is 0 Å². The minimum Gasteiger partial charge on any atom is -0.309 e. The molecule has 4 heterocycles. The molecule has 0 bridgehead atoms. The van der Waals surface area contributed by atoms with Crippen molar-refractivity contribution >= 4 is 44.7 Å². The van der Waals surface area contributed by atoms with Gasteiger partial charge in [0.1, 0.15) is 11.6 Å². The molecule has 3 aromatic heterocycles. The van der Waals surface area contributed by atoms with Gasteiger partial charge >= 0.3 is 0 Å². The summed E-state index contributed by atoms with van der Waals surface area (Å²) in [6.45, 7) is 6.31. The van der Waals surface area contributed by atoms with Crippen molar-refractivity contribution in [1.29, 1.82) is 5.26 Å². The Labute approximate surface area is 205 Å². The van der Waals surface area contributed by atoms with Crippen molar-refractivity contribution < 1.29 is 4.79 Å². The molecule has 0 saturated carbocycles. The van der Waals surface area contributed by atoms with Crippen molar-refractivity contribution in [2.45, 2.75) is 39.5 Å². The number of carbonyl (C=O) groups is 1. The molecule has 5 rings (SSSR count). The molecule has 1 atom stereocenters. The molecular formula is C26H23BrN4OS. The lowest BCUT2D eigenvalue weighted by Crippen LogP contribution is -2.40. The number of thiophene rings is 1. The highest BCUT2D eigenvalue weighted by Crippen LogP contribution is 2.52. The van der Waals surface area contributed by atoms with E-state index in [4.69, 9.17) is 0 Å². The number of ketones is 1. The fourth-order valence-corrected chi connectivity index (χ4v) is 6.07. The predicted octanol–water partition coefficient (Wildman–Crippen LogP) is 6.65. The molecule has 0 aromatic carbocycles. The molecule has 33 heavy (non-hydrogen) atoms. The van der Waals surface area contributed by atoms with E-state index in [2.05, 4.69) is 59.9 Å². The zero-order valence-corrected chi connectivity index (χ0v) is 21.1. The maximum Gasteiger partial charge on any atom is 0.162 e. The summed E-state index contributed by atoms with van der Waals surface area (Å²) in [6.07, 6.45) is 6.81. The number of nitriles is 1. The number of pyridine rings is 1. The minimum absolute atomic E-state index is 0.110. The molecule has 0 fully saturated rings. The molecule has 1 aliphatic carbocycles. The Balaban J connectivity index is 1.86. The third-order valence-electron chi connectivity index (χ3n) is 6.15. The largest absolute Gasteiger partial charge is 0.309 e. The maximum absolute atomic E-state index is 13.7. The molecule has 5 nitrogen and oxygen atoms in total. The van der Waals surface area contributed by atoms with Gasteiger partial charge in [0.15, 0.2) is 5.78 Å². The molecule has 0 unspecified atom stereocenters. The minimum atomic E-state index is -0.378. The first-order valence-electron chi connectivity index (χ1n) is 10.8. The Kier molecular flexibility index (Phi) is 5.38. The Morgan fingerprint density at radius 2 is 1.94 bits per heavy atom. The van der Waals surface area contributed by atoms with Gasteiger partial charge in [-0.2, -0.15) is 5.26 Å². The number of rotatable bonds is 3. The van der Waals surface area contributed by atoms with Gasteiger partial charge in [-0.15, -0.1) is 11.3 Å². The number of hydrogen-bond donors (Lipinski definition) is 0. The second-order valence-electron chi connectivity index (χ2n) is 9.29. The van der Waals surface area contributed by atoms with Crippen molar-refractivity contribution in [3.8, 4) is 6.07 Å². The monoisotopic (exact) mass is 518 g/mol. The van der Waals surface area contributed by atoms with Crippen molar-refractivity contribution in [1.82, 2.24) is 9.55 Å². The van der Waals surface area contributed by atoms with Gasteiger partial charge in [-0.1, -0.05) is 13.8 Å². The molecule has 3 aromatic rings. The summed E-state index contributed by atoms with van der Waals surface area (Å²) < 4.78 is 2.84. The predicted molar refractivity (Wildman–Crippen MR) is 135 cm³/mol. The van der Waals surface area contributed by atoms with E-state index < -0.39 is 0 Å². The van der Waals surface area contributed by atoms with Crippen molar-refractivity contribution in [2.75, 3.05) is 4.90 Å². The number of carbonyl (C=O) groups excluding carboxylic acids is 1. The van der Waals surface area contributed by atoms with Crippen LogP contribution in [0.15, 0.2) is 76.3 Å². The second-order valence-corrected chi connectivity index (χ2v) is 11.5. The first-order valence-corrected chi connectivity index (χ1v) is 12.4. The van der Waals surface area contributed by atoms with E-state index >= 15 is 0 Å². The van der Waals surface area contributed by atoms with Gasteiger partial charge in [0, 0.05) is 50.5 Å². The normalized spacial score (nSPS) is 20.2. The van der Waals surface area contributed by atoms with Gasteiger partial charge in [0.2, 0.25) is 0 Å². The third kappa shape index (κ3) is 3.77. The van der Waals surface area contributed by atoms with E-state index in [1.807, 2.05) is 46.1 Å². The topological polar surface area (TPSA) is 61.9 Å². The lowest BCUT2D eigenvalue weighted by atomic mass is 9.69. The van der Waals surface area contributed by atoms with Crippen LogP contribution in [0.5, 0.6) is 0 Å². The first-order chi connectivity index (χ1) is 15.8. The lowest BCUT2D eigenvalue weighted by molar-refractivity contribution is -0.118. The van der Waals surface area contributed by atoms with Crippen LogP contribution in [0.1, 0.15) is 42.4 Å². The molecule has 0 spiro atoms. The quantitative estimate of drug-likeness (QED) is 0.389. The van der Waals surface area contributed by atoms with Crippen LogP contribution in [-0.4, -0.2) is 15.3 Å². The number of halogens is 1. The number of aromatic nitrogens is 2. The average molecular weight is 519 g/mol. The highest BCUT2D eigenvalue weighted by atomic mass is 79.9. The van der Waals surface area contributed by atoms with E-state index in [1.165, 1.54) is 0 Å². The molecule has 0 radical (unpaired) electrons. The van der Waals surface area contributed by atoms with Crippen LogP contribution in [0.4, 0.5) is 5.82 Å². The Bertz CT molecular complexity index is 1340. The summed E-state index contributed by atoms with van der Waals surface area (Å²) in [5.74, 6) is 1.15. The van der Waals surface area contributed by atoms with Gasteiger partial charge in [0.05, 0.1) is 17.6 Å².